The van der Waals surface area contributed by atoms with Crippen LogP contribution in [0.15, 0.2) is 29.3 Å². The van der Waals surface area contributed by atoms with E-state index in [9.17, 15) is 4.79 Å². The van der Waals surface area contributed by atoms with Crippen LogP contribution in [-0.2, 0) is 14.9 Å². The van der Waals surface area contributed by atoms with Gasteiger partial charge in [0.25, 0.3) is 0 Å². The highest BCUT2D eigenvalue weighted by Crippen LogP contribution is 2.25. The molecule has 0 spiro atoms. The standard InChI is InChI=1S/C20H31N3O2/c1-14-7-9-16(10-8-14)20(3,4)13-22-19(21-5)23-11-15(2)17(12-23)18(24)25-6/h7-10,15,17H,11-13H2,1-6H3,(H,21,22). The SMILES string of the molecule is CN=C(NCC(C)(C)c1ccc(C)cc1)N1CC(C)C(C(=O)OC)C1. The summed E-state index contributed by atoms with van der Waals surface area (Å²) in [4.78, 5) is 18.5. The van der Waals surface area contributed by atoms with E-state index in [1.54, 1.807) is 7.05 Å². The Morgan fingerprint density at radius 1 is 1.32 bits per heavy atom. The molecule has 2 rings (SSSR count). The van der Waals surface area contributed by atoms with Gasteiger partial charge in [-0.3, -0.25) is 9.79 Å². The van der Waals surface area contributed by atoms with Crippen LogP contribution in [0, 0.1) is 18.8 Å². The van der Waals surface area contributed by atoms with Crippen molar-refractivity contribution in [2.75, 3.05) is 33.8 Å². The lowest BCUT2D eigenvalue weighted by Crippen LogP contribution is -2.45. The molecule has 1 fully saturated rings. The summed E-state index contributed by atoms with van der Waals surface area (Å²) in [7, 11) is 3.24. The number of hydrogen-bond donors (Lipinski definition) is 1. The smallest absolute Gasteiger partial charge is 0.310 e. The second kappa shape index (κ2) is 7.89. The van der Waals surface area contributed by atoms with E-state index < -0.39 is 0 Å². The normalized spacial score (nSPS) is 21.4. The minimum Gasteiger partial charge on any atom is -0.469 e. The summed E-state index contributed by atoms with van der Waals surface area (Å²) in [5.41, 5.74) is 2.54. The molecule has 0 saturated carbocycles. The van der Waals surface area contributed by atoms with Crippen LogP contribution in [0.2, 0.25) is 0 Å². The molecule has 2 atom stereocenters. The van der Waals surface area contributed by atoms with Crippen molar-refractivity contribution in [3.05, 3.63) is 35.4 Å². The van der Waals surface area contributed by atoms with Gasteiger partial charge in [-0.1, -0.05) is 50.6 Å². The van der Waals surface area contributed by atoms with Crippen LogP contribution in [0.25, 0.3) is 0 Å². The highest BCUT2D eigenvalue weighted by atomic mass is 16.5. The maximum atomic E-state index is 11.9. The van der Waals surface area contributed by atoms with Gasteiger partial charge in [0, 0.05) is 32.1 Å². The quantitative estimate of drug-likeness (QED) is 0.518. The monoisotopic (exact) mass is 345 g/mol. The summed E-state index contributed by atoms with van der Waals surface area (Å²) < 4.78 is 4.92. The Labute approximate surface area is 151 Å². The van der Waals surface area contributed by atoms with Crippen LogP contribution in [-0.4, -0.2) is 50.6 Å². The molecule has 138 valence electrons. The second-order valence-corrected chi connectivity index (χ2v) is 7.66. The summed E-state index contributed by atoms with van der Waals surface area (Å²) in [5.74, 6) is 0.883. The number of rotatable bonds is 4. The van der Waals surface area contributed by atoms with Crippen molar-refractivity contribution in [3.63, 3.8) is 0 Å². The van der Waals surface area contributed by atoms with Gasteiger partial charge in [0.15, 0.2) is 5.96 Å². The number of aliphatic imine (C=N–C) groups is 1. The third kappa shape index (κ3) is 4.53. The zero-order chi connectivity index (χ0) is 18.6. The fraction of sp³-hybridized carbons (Fsp3) is 0.600. The Morgan fingerprint density at radius 3 is 2.52 bits per heavy atom. The fourth-order valence-electron chi connectivity index (χ4n) is 3.34. The highest BCUT2D eigenvalue weighted by molar-refractivity contribution is 5.82. The molecule has 2 unspecified atom stereocenters. The molecule has 0 bridgehead atoms. The Bertz CT molecular complexity index is 622. The summed E-state index contributed by atoms with van der Waals surface area (Å²) >= 11 is 0. The number of methoxy groups -OCH3 is 1. The molecule has 0 amide bonds. The molecule has 1 aromatic rings. The third-order valence-corrected chi connectivity index (χ3v) is 5.15. The van der Waals surface area contributed by atoms with Gasteiger partial charge < -0.3 is 15.0 Å². The molecule has 1 saturated heterocycles. The lowest BCUT2D eigenvalue weighted by molar-refractivity contribution is -0.145. The van der Waals surface area contributed by atoms with Crippen LogP contribution in [0.4, 0.5) is 0 Å². The van der Waals surface area contributed by atoms with E-state index in [4.69, 9.17) is 4.74 Å². The zero-order valence-corrected chi connectivity index (χ0v) is 16.3. The molecule has 1 aliphatic rings. The number of likely N-dealkylation sites (tertiary alicyclic amines) is 1. The Hall–Kier alpha value is -2.04. The van der Waals surface area contributed by atoms with Crippen LogP contribution < -0.4 is 5.32 Å². The average Bonchev–Trinajstić information content (AvgIpc) is 2.96. The minimum absolute atomic E-state index is 0.0171. The number of carbonyl (C=O) groups excluding carboxylic acids is 1. The van der Waals surface area contributed by atoms with Crippen LogP contribution in [0.5, 0.6) is 0 Å². The van der Waals surface area contributed by atoms with Gasteiger partial charge in [-0.05, 0) is 18.4 Å². The lowest BCUT2D eigenvalue weighted by atomic mass is 9.84. The molecule has 1 aliphatic heterocycles. The second-order valence-electron chi connectivity index (χ2n) is 7.66. The lowest BCUT2D eigenvalue weighted by Gasteiger charge is -2.29. The van der Waals surface area contributed by atoms with Gasteiger partial charge in [-0.15, -0.1) is 0 Å². The van der Waals surface area contributed by atoms with E-state index in [-0.39, 0.29) is 23.2 Å². The first kappa shape index (κ1) is 19.3. The highest BCUT2D eigenvalue weighted by Gasteiger charge is 2.37. The van der Waals surface area contributed by atoms with Gasteiger partial charge in [0.05, 0.1) is 13.0 Å². The zero-order valence-electron chi connectivity index (χ0n) is 16.3. The Kier molecular flexibility index (Phi) is 6.09. The maximum absolute atomic E-state index is 11.9. The maximum Gasteiger partial charge on any atom is 0.310 e. The summed E-state index contributed by atoms with van der Waals surface area (Å²) in [6.07, 6.45) is 0. The van der Waals surface area contributed by atoms with Crippen molar-refractivity contribution < 1.29 is 9.53 Å². The van der Waals surface area contributed by atoms with Crippen LogP contribution >= 0.6 is 0 Å². The van der Waals surface area contributed by atoms with Gasteiger partial charge in [0.2, 0.25) is 0 Å². The van der Waals surface area contributed by atoms with Crippen LogP contribution in [0.3, 0.4) is 0 Å². The largest absolute Gasteiger partial charge is 0.469 e. The molecule has 25 heavy (non-hydrogen) atoms. The number of hydrogen-bond acceptors (Lipinski definition) is 3. The summed E-state index contributed by atoms with van der Waals surface area (Å²) in [6.45, 7) is 10.9. The number of carbonyl (C=O) groups is 1. The first-order valence-electron chi connectivity index (χ1n) is 8.89. The van der Waals surface area contributed by atoms with E-state index in [1.807, 2.05) is 0 Å². The number of nitrogens with one attached hydrogen (secondary N) is 1. The topological polar surface area (TPSA) is 53.9 Å². The first-order chi connectivity index (χ1) is 11.8. The molecule has 1 N–H and O–H groups in total. The predicted molar refractivity (Wildman–Crippen MR) is 102 cm³/mol. The van der Waals surface area contributed by atoms with Crippen LogP contribution in [0.1, 0.15) is 31.9 Å². The number of aryl methyl sites for hydroxylation is 1. The van der Waals surface area contributed by atoms with Crippen molar-refractivity contribution in [2.45, 2.75) is 33.1 Å². The molecule has 5 nitrogen and oxygen atoms in total. The number of guanidine groups is 1. The first-order valence-corrected chi connectivity index (χ1v) is 8.89. The average molecular weight is 345 g/mol. The molecular weight excluding hydrogens is 314 g/mol. The van der Waals surface area contributed by atoms with Crippen molar-refractivity contribution in [1.82, 2.24) is 10.2 Å². The molecule has 1 aromatic carbocycles. The summed E-state index contributed by atoms with van der Waals surface area (Å²) in [6, 6.07) is 8.67. The molecule has 0 aromatic heterocycles. The molecule has 1 heterocycles. The third-order valence-electron chi connectivity index (χ3n) is 5.15. The minimum atomic E-state index is -0.134. The van der Waals surface area contributed by atoms with E-state index in [2.05, 4.69) is 67.2 Å². The van der Waals surface area contributed by atoms with Gasteiger partial charge in [-0.25, -0.2) is 0 Å². The van der Waals surface area contributed by atoms with E-state index >= 15 is 0 Å². The van der Waals surface area contributed by atoms with Gasteiger partial charge in [0.1, 0.15) is 0 Å². The van der Waals surface area contributed by atoms with Crippen molar-refractivity contribution in [3.8, 4) is 0 Å². The van der Waals surface area contributed by atoms with Crippen molar-refractivity contribution in [1.29, 1.82) is 0 Å². The molecule has 0 radical (unpaired) electrons. The summed E-state index contributed by atoms with van der Waals surface area (Å²) in [5, 5.41) is 3.49. The van der Waals surface area contributed by atoms with Crippen molar-refractivity contribution in [2.24, 2.45) is 16.8 Å². The van der Waals surface area contributed by atoms with E-state index in [1.165, 1.54) is 18.2 Å². The fourth-order valence-corrected chi connectivity index (χ4v) is 3.34. The van der Waals surface area contributed by atoms with Gasteiger partial charge in [-0.2, -0.15) is 0 Å². The van der Waals surface area contributed by atoms with E-state index in [0.717, 1.165) is 19.0 Å². The number of benzene rings is 1. The van der Waals surface area contributed by atoms with E-state index in [0.29, 0.717) is 6.54 Å². The predicted octanol–water partition coefficient (Wildman–Crippen LogP) is 2.59. The van der Waals surface area contributed by atoms with Gasteiger partial charge >= 0.3 is 5.97 Å². The number of ether oxygens (including phenoxy) is 1. The number of esters is 1. The number of nitrogens with zero attached hydrogens (tertiary/aromatic N) is 2. The Balaban J connectivity index is 2.01. The molecular formula is C20H31N3O2. The molecule has 5 heteroatoms. The Morgan fingerprint density at radius 2 is 1.96 bits per heavy atom. The van der Waals surface area contributed by atoms with Crippen molar-refractivity contribution >= 4 is 11.9 Å². The molecule has 0 aliphatic carbocycles.